The van der Waals surface area contributed by atoms with Crippen LogP contribution < -0.4 is 5.32 Å². The number of piperazine rings is 1. The molecule has 2 saturated heterocycles. The topological polar surface area (TPSA) is 38.8 Å². The lowest BCUT2D eigenvalue weighted by atomic mass is 10.2. The number of likely N-dealkylation sites (N-methyl/N-ethyl adjacent to an activating group) is 2. The highest BCUT2D eigenvalue weighted by Gasteiger charge is 2.27. The summed E-state index contributed by atoms with van der Waals surface area (Å²) in [5.74, 6) is 0. The minimum atomic E-state index is 0.102. The monoisotopic (exact) mass is 300 g/mol. The van der Waals surface area contributed by atoms with E-state index in [0.29, 0.717) is 16.5 Å². The molecule has 5 nitrogen and oxygen atoms in total. The van der Waals surface area contributed by atoms with Gasteiger partial charge in [0, 0.05) is 55.8 Å². The Hall–Kier alpha value is -0.460. The van der Waals surface area contributed by atoms with Gasteiger partial charge in [-0.05, 0) is 14.1 Å². The lowest BCUT2D eigenvalue weighted by Gasteiger charge is -2.39. The number of thioether (sulfide) groups is 1. The molecule has 0 saturated carbocycles. The van der Waals surface area contributed by atoms with Gasteiger partial charge >= 0.3 is 6.03 Å². The van der Waals surface area contributed by atoms with Crippen molar-refractivity contribution in [2.24, 2.45) is 0 Å². The number of amides is 2. The van der Waals surface area contributed by atoms with E-state index in [-0.39, 0.29) is 6.03 Å². The normalized spacial score (nSPS) is 33.2. The Morgan fingerprint density at radius 2 is 1.80 bits per heavy atom. The van der Waals surface area contributed by atoms with Crippen molar-refractivity contribution in [1.29, 1.82) is 0 Å². The van der Waals surface area contributed by atoms with Gasteiger partial charge in [0.1, 0.15) is 0 Å². The summed E-state index contributed by atoms with van der Waals surface area (Å²) in [5, 5.41) is 4.19. The molecule has 0 unspecified atom stereocenters. The molecule has 2 aliphatic rings. The quantitative estimate of drug-likeness (QED) is 0.817. The summed E-state index contributed by atoms with van der Waals surface area (Å²) < 4.78 is 0. The molecule has 1 N–H and O–H groups in total. The van der Waals surface area contributed by atoms with Crippen molar-refractivity contribution in [1.82, 2.24) is 20.0 Å². The molecule has 0 aromatic heterocycles. The number of urea groups is 1. The molecule has 2 fully saturated rings. The Morgan fingerprint density at radius 3 is 2.45 bits per heavy atom. The van der Waals surface area contributed by atoms with Crippen LogP contribution in [0.5, 0.6) is 0 Å². The number of hydrogen-bond donors (Lipinski definition) is 1. The van der Waals surface area contributed by atoms with E-state index < -0.39 is 0 Å². The molecule has 2 rings (SSSR count). The maximum absolute atomic E-state index is 12.3. The standard InChI is InChI=1S/C14H28N4OS/c1-11-8-18(9-12(2)20-11)14(19)15-7-13-10-16(3)5-6-17(13)4/h11-13H,5-10H2,1-4H3,(H,15,19)/t11-,12+,13-/m0/s1. The van der Waals surface area contributed by atoms with Crippen LogP contribution in [0.25, 0.3) is 0 Å². The highest BCUT2D eigenvalue weighted by molar-refractivity contribution is 8.00. The van der Waals surface area contributed by atoms with Crippen molar-refractivity contribution in [2.45, 2.75) is 30.4 Å². The molecule has 2 amide bonds. The fourth-order valence-corrected chi connectivity index (χ4v) is 4.31. The highest BCUT2D eigenvalue weighted by Crippen LogP contribution is 2.24. The largest absolute Gasteiger partial charge is 0.336 e. The third kappa shape index (κ3) is 4.27. The Labute approximate surface area is 127 Å². The fraction of sp³-hybridized carbons (Fsp3) is 0.929. The summed E-state index contributed by atoms with van der Waals surface area (Å²) in [6.45, 7) is 10.1. The molecule has 0 bridgehead atoms. The second-order valence-electron chi connectivity index (χ2n) is 6.25. The maximum atomic E-state index is 12.3. The van der Waals surface area contributed by atoms with Crippen molar-refractivity contribution in [3.05, 3.63) is 0 Å². The van der Waals surface area contributed by atoms with E-state index in [0.717, 1.165) is 39.3 Å². The number of nitrogens with zero attached hydrogens (tertiary/aromatic N) is 3. The van der Waals surface area contributed by atoms with Crippen molar-refractivity contribution in [2.75, 3.05) is 53.4 Å². The van der Waals surface area contributed by atoms with Crippen LogP contribution in [0.4, 0.5) is 4.79 Å². The summed E-state index contributed by atoms with van der Waals surface area (Å²) in [6, 6.07) is 0.525. The summed E-state index contributed by atoms with van der Waals surface area (Å²) >= 11 is 1.97. The van der Waals surface area contributed by atoms with Crippen LogP contribution in [0.2, 0.25) is 0 Å². The van der Waals surface area contributed by atoms with Crippen LogP contribution in [0.15, 0.2) is 0 Å². The van der Waals surface area contributed by atoms with Gasteiger partial charge in [-0.2, -0.15) is 11.8 Å². The molecule has 0 spiro atoms. The smallest absolute Gasteiger partial charge is 0.317 e. The molecular formula is C14H28N4OS. The molecule has 116 valence electrons. The van der Waals surface area contributed by atoms with Gasteiger partial charge in [-0.25, -0.2) is 4.79 Å². The summed E-state index contributed by atoms with van der Waals surface area (Å²) in [7, 11) is 4.29. The number of carbonyl (C=O) groups excluding carboxylic acids is 1. The van der Waals surface area contributed by atoms with Gasteiger partial charge < -0.3 is 15.1 Å². The fourth-order valence-electron chi connectivity index (χ4n) is 2.98. The Balaban J connectivity index is 1.79. The van der Waals surface area contributed by atoms with Crippen molar-refractivity contribution in [3.8, 4) is 0 Å². The lowest BCUT2D eigenvalue weighted by molar-refractivity contribution is 0.112. The number of hydrogen-bond acceptors (Lipinski definition) is 4. The Bertz CT molecular complexity index is 331. The first-order valence-corrected chi connectivity index (χ1v) is 8.47. The zero-order valence-corrected chi connectivity index (χ0v) is 13.9. The van der Waals surface area contributed by atoms with Crippen molar-refractivity contribution < 1.29 is 4.79 Å². The van der Waals surface area contributed by atoms with E-state index in [2.05, 4.69) is 43.1 Å². The minimum Gasteiger partial charge on any atom is -0.336 e. The molecule has 2 aliphatic heterocycles. The van der Waals surface area contributed by atoms with Crippen LogP contribution in [0.1, 0.15) is 13.8 Å². The first-order chi connectivity index (χ1) is 9.45. The molecule has 6 heteroatoms. The van der Waals surface area contributed by atoms with Crippen LogP contribution in [0.3, 0.4) is 0 Å². The van der Waals surface area contributed by atoms with Gasteiger partial charge in [-0.15, -0.1) is 0 Å². The molecule has 3 atom stereocenters. The van der Waals surface area contributed by atoms with E-state index >= 15 is 0 Å². The van der Waals surface area contributed by atoms with Gasteiger partial charge in [0.25, 0.3) is 0 Å². The number of nitrogens with one attached hydrogen (secondary N) is 1. The third-order valence-electron chi connectivity index (χ3n) is 4.18. The van der Waals surface area contributed by atoms with Crippen molar-refractivity contribution in [3.63, 3.8) is 0 Å². The van der Waals surface area contributed by atoms with Crippen LogP contribution >= 0.6 is 11.8 Å². The average molecular weight is 300 g/mol. The summed E-state index contributed by atoms with van der Waals surface area (Å²) in [4.78, 5) is 18.9. The van der Waals surface area contributed by atoms with Gasteiger partial charge in [-0.3, -0.25) is 4.90 Å². The second kappa shape index (κ2) is 7.00. The molecular weight excluding hydrogens is 272 g/mol. The van der Waals surface area contributed by atoms with E-state index in [1.54, 1.807) is 0 Å². The average Bonchev–Trinajstić information content (AvgIpc) is 2.38. The van der Waals surface area contributed by atoms with E-state index in [4.69, 9.17) is 0 Å². The summed E-state index contributed by atoms with van der Waals surface area (Å²) in [5.41, 5.74) is 0. The van der Waals surface area contributed by atoms with Crippen LogP contribution in [0, 0.1) is 0 Å². The molecule has 0 aromatic carbocycles. The SMILES string of the molecule is C[C@@H]1CN(C(=O)NC[C@H]2CN(C)CCN2C)C[C@H](C)S1. The van der Waals surface area contributed by atoms with E-state index in [1.165, 1.54) is 0 Å². The third-order valence-corrected chi connectivity index (χ3v) is 5.40. The molecule has 2 heterocycles. The van der Waals surface area contributed by atoms with Crippen molar-refractivity contribution >= 4 is 17.8 Å². The predicted octanol–water partition coefficient (Wildman–Crippen LogP) is 0.768. The van der Waals surface area contributed by atoms with Gasteiger partial charge in [0.05, 0.1) is 0 Å². The highest BCUT2D eigenvalue weighted by atomic mass is 32.2. The predicted molar refractivity (Wildman–Crippen MR) is 85.4 cm³/mol. The van der Waals surface area contributed by atoms with Gasteiger partial charge in [0.15, 0.2) is 0 Å². The van der Waals surface area contributed by atoms with Gasteiger partial charge in [-0.1, -0.05) is 13.8 Å². The van der Waals surface area contributed by atoms with E-state index in [1.807, 2.05) is 16.7 Å². The Kier molecular flexibility index (Phi) is 5.57. The molecule has 0 aromatic rings. The zero-order valence-electron chi connectivity index (χ0n) is 13.1. The minimum absolute atomic E-state index is 0.102. The lowest BCUT2D eigenvalue weighted by Crippen LogP contribution is -2.56. The maximum Gasteiger partial charge on any atom is 0.317 e. The molecule has 0 radical (unpaired) electrons. The first-order valence-electron chi connectivity index (χ1n) is 7.52. The van der Waals surface area contributed by atoms with Crippen LogP contribution in [-0.2, 0) is 0 Å². The first kappa shape index (κ1) is 15.9. The Morgan fingerprint density at radius 1 is 1.15 bits per heavy atom. The summed E-state index contributed by atoms with van der Waals surface area (Å²) in [6.07, 6.45) is 0. The molecule has 0 aliphatic carbocycles. The zero-order chi connectivity index (χ0) is 14.7. The van der Waals surface area contributed by atoms with Gasteiger partial charge in [0.2, 0.25) is 0 Å². The number of rotatable bonds is 2. The number of carbonyl (C=O) groups is 1. The molecule has 20 heavy (non-hydrogen) atoms. The van der Waals surface area contributed by atoms with Crippen LogP contribution in [-0.4, -0.2) is 90.6 Å². The second-order valence-corrected chi connectivity index (χ2v) is 8.13. The van der Waals surface area contributed by atoms with E-state index in [9.17, 15) is 4.79 Å².